The molecule has 0 fully saturated rings. The Balaban J connectivity index is 1.57. The van der Waals surface area contributed by atoms with Gasteiger partial charge in [0.1, 0.15) is 0 Å². The van der Waals surface area contributed by atoms with Crippen LogP contribution >= 0.6 is 0 Å². The lowest BCUT2D eigenvalue weighted by Crippen LogP contribution is -2.13. The molecule has 0 saturated heterocycles. The van der Waals surface area contributed by atoms with Gasteiger partial charge < -0.3 is 5.32 Å². The van der Waals surface area contributed by atoms with Gasteiger partial charge in [0.2, 0.25) is 0 Å². The van der Waals surface area contributed by atoms with Crippen LogP contribution in [0, 0.1) is 0 Å². The Hall–Kier alpha value is -3.99. The number of amides is 1. The van der Waals surface area contributed by atoms with Crippen LogP contribution in [0.2, 0.25) is 0 Å². The number of carbonyl (C=O) groups is 2. The Morgan fingerprint density at radius 1 is 0.933 bits per heavy atom. The third-order valence-corrected chi connectivity index (χ3v) is 4.87. The smallest absolute Gasteiger partial charge is 0.256 e. The van der Waals surface area contributed by atoms with Crippen molar-refractivity contribution in [1.29, 1.82) is 0 Å². The zero-order chi connectivity index (χ0) is 20.9. The van der Waals surface area contributed by atoms with Crippen molar-refractivity contribution in [2.45, 2.75) is 13.5 Å². The number of benzene rings is 3. The van der Waals surface area contributed by atoms with E-state index in [1.54, 1.807) is 36.5 Å². The van der Waals surface area contributed by atoms with Gasteiger partial charge in [-0.1, -0.05) is 54.6 Å². The van der Waals surface area contributed by atoms with Crippen molar-refractivity contribution in [3.8, 4) is 11.1 Å². The average molecular weight is 395 g/mol. The quantitative estimate of drug-likeness (QED) is 0.465. The molecular weight excluding hydrogens is 374 g/mol. The summed E-state index contributed by atoms with van der Waals surface area (Å²) >= 11 is 0. The van der Waals surface area contributed by atoms with E-state index in [1.165, 1.54) is 6.92 Å². The van der Waals surface area contributed by atoms with Crippen LogP contribution in [0.25, 0.3) is 11.1 Å². The summed E-state index contributed by atoms with van der Waals surface area (Å²) in [5.41, 5.74) is 4.67. The fraction of sp³-hybridized carbons (Fsp3) is 0.0800. The second-order valence-electron chi connectivity index (χ2n) is 7.04. The maximum Gasteiger partial charge on any atom is 0.256 e. The molecule has 0 aliphatic carbocycles. The zero-order valence-electron chi connectivity index (χ0n) is 16.6. The monoisotopic (exact) mass is 395 g/mol. The molecule has 1 amide bonds. The van der Waals surface area contributed by atoms with Gasteiger partial charge in [0, 0.05) is 29.2 Å². The number of aromatic nitrogens is 2. The molecule has 0 aliphatic rings. The molecular formula is C25H21N3O2. The number of hydrogen-bond donors (Lipinski definition) is 1. The summed E-state index contributed by atoms with van der Waals surface area (Å²) in [5, 5.41) is 7.13. The van der Waals surface area contributed by atoms with Gasteiger partial charge in [-0.3, -0.25) is 14.3 Å². The molecule has 4 aromatic rings. The SMILES string of the molecule is CC(=O)c1cccc(NC(=O)c2ccccc2-c2ccc(Cn3cccn3)cc2)c1. The van der Waals surface area contributed by atoms with Gasteiger partial charge in [-0.25, -0.2) is 0 Å². The van der Waals surface area contributed by atoms with E-state index in [1.807, 2.05) is 59.4 Å². The number of hydrogen-bond acceptors (Lipinski definition) is 3. The lowest BCUT2D eigenvalue weighted by atomic mass is 9.98. The maximum absolute atomic E-state index is 13.0. The first-order chi connectivity index (χ1) is 14.6. The van der Waals surface area contributed by atoms with Gasteiger partial charge in [-0.05, 0) is 47.9 Å². The van der Waals surface area contributed by atoms with E-state index in [2.05, 4.69) is 10.4 Å². The number of rotatable bonds is 6. The minimum atomic E-state index is -0.216. The molecule has 1 aromatic heterocycles. The number of anilines is 1. The summed E-state index contributed by atoms with van der Waals surface area (Å²) in [6.45, 7) is 2.20. The molecule has 1 N–H and O–H groups in total. The van der Waals surface area contributed by atoms with Crippen LogP contribution in [-0.4, -0.2) is 21.5 Å². The van der Waals surface area contributed by atoms with Crippen LogP contribution in [0.4, 0.5) is 5.69 Å². The van der Waals surface area contributed by atoms with Crippen molar-refractivity contribution in [2.75, 3.05) is 5.32 Å². The molecule has 3 aromatic carbocycles. The number of nitrogens with one attached hydrogen (secondary N) is 1. The molecule has 5 nitrogen and oxygen atoms in total. The predicted molar refractivity (Wildman–Crippen MR) is 118 cm³/mol. The Morgan fingerprint density at radius 2 is 1.73 bits per heavy atom. The highest BCUT2D eigenvalue weighted by molar-refractivity contribution is 6.09. The molecule has 5 heteroatoms. The largest absolute Gasteiger partial charge is 0.322 e. The summed E-state index contributed by atoms with van der Waals surface area (Å²) < 4.78 is 1.87. The highest BCUT2D eigenvalue weighted by Gasteiger charge is 2.13. The van der Waals surface area contributed by atoms with E-state index < -0.39 is 0 Å². The number of Topliss-reactive ketones (excluding diaryl/α,β-unsaturated/α-hetero) is 1. The van der Waals surface area contributed by atoms with Crippen LogP contribution in [0.15, 0.2) is 91.3 Å². The molecule has 0 spiro atoms. The average Bonchev–Trinajstić information content (AvgIpc) is 3.27. The Labute approximate surface area is 175 Å². The molecule has 4 rings (SSSR count). The second kappa shape index (κ2) is 8.57. The second-order valence-corrected chi connectivity index (χ2v) is 7.04. The van der Waals surface area contributed by atoms with E-state index in [0.29, 0.717) is 23.4 Å². The van der Waals surface area contributed by atoms with Crippen LogP contribution < -0.4 is 5.32 Å². The van der Waals surface area contributed by atoms with Gasteiger partial charge in [0.15, 0.2) is 5.78 Å². The van der Waals surface area contributed by atoms with Crippen LogP contribution in [0.3, 0.4) is 0 Å². The Kier molecular flexibility index (Phi) is 5.52. The van der Waals surface area contributed by atoms with E-state index in [4.69, 9.17) is 0 Å². The van der Waals surface area contributed by atoms with Gasteiger partial charge in [-0.15, -0.1) is 0 Å². The summed E-state index contributed by atoms with van der Waals surface area (Å²) in [6.07, 6.45) is 3.68. The van der Waals surface area contributed by atoms with Crippen molar-refractivity contribution in [2.24, 2.45) is 0 Å². The van der Waals surface area contributed by atoms with E-state index >= 15 is 0 Å². The fourth-order valence-electron chi connectivity index (χ4n) is 3.32. The lowest BCUT2D eigenvalue weighted by molar-refractivity contribution is 0.101. The maximum atomic E-state index is 13.0. The first-order valence-electron chi connectivity index (χ1n) is 9.68. The number of ketones is 1. The van der Waals surface area contributed by atoms with Crippen LogP contribution in [0.1, 0.15) is 33.2 Å². The normalized spacial score (nSPS) is 10.6. The summed E-state index contributed by atoms with van der Waals surface area (Å²) in [6, 6.07) is 24.5. The predicted octanol–water partition coefficient (Wildman–Crippen LogP) is 5.05. The van der Waals surface area contributed by atoms with Crippen molar-refractivity contribution in [1.82, 2.24) is 9.78 Å². The first-order valence-corrected chi connectivity index (χ1v) is 9.68. The molecule has 0 aliphatic heterocycles. The van der Waals surface area contributed by atoms with Crippen molar-refractivity contribution in [3.05, 3.63) is 108 Å². The highest BCUT2D eigenvalue weighted by Crippen LogP contribution is 2.25. The number of nitrogens with zero attached hydrogens (tertiary/aromatic N) is 2. The van der Waals surface area contributed by atoms with Crippen molar-refractivity contribution < 1.29 is 9.59 Å². The molecule has 0 unspecified atom stereocenters. The molecule has 1 heterocycles. The fourth-order valence-corrected chi connectivity index (χ4v) is 3.32. The van der Waals surface area contributed by atoms with Crippen molar-refractivity contribution in [3.63, 3.8) is 0 Å². The van der Waals surface area contributed by atoms with Crippen molar-refractivity contribution >= 4 is 17.4 Å². The van der Waals surface area contributed by atoms with E-state index in [9.17, 15) is 9.59 Å². The summed E-state index contributed by atoms with van der Waals surface area (Å²) in [7, 11) is 0. The molecule has 0 atom stereocenters. The van der Waals surface area contributed by atoms with Gasteiger partial charge in [0.25, 0.3) is 5.91 Å². The van der Waals surface area contributed by atoms with Gasteiger partial charge in [-0.2, -0.15) is 5.10 Å². The van der Waals surface area contributed by atoms with E-state index in [-0.39, 0.29) is 11.7 Å². The van der Waals surface area contributed by atoms with E-state index in [0.717, 1.165) is 16.7 Å². The molecule has 0 radical (unpaired) electrons. The highest BCUT2D eigenvalue weighted by atomic mass is 16.1. The third-order valence-electron chi connectivity index (χ3n) is 4.87. The minimum absolute atomic E-state index is 0.0401. The van der Waals surface area contributed by atoms with Crippen LogP contribution in [-0.2, 0) is 6.54 Å². The minimum Gasteiger partial charge on any atom is -0.322 e. The Bertz CT molecular complexity index is 1180. The lowest BCUT2D eigenvalue weighted by Gasteiger charge is -2.12. The molecule has 0 saturated carbocycles. The summed E-state index contributed by atoms with van der Waals surface area (Å²) in [5.74, 6) is -0.256. The van der Waals surface area contributed by atoms with Gasteiger partial charge in [0.05, 0.1) is 6.54 Å². The summed E-state index contributed by atoms with van der Waals surface area (Å²) in [4.78, 5) is 24.6. The Morgan fingerprint density at radius 3 is 2.47 bits per heavy atom. The molecule has 0 bridgehead atoms. The molecule has 30 heavy (non-hydrogen) atoms. The zero-order valence-corrected chi connectivity index (χ0v) is 16.6. The first kappa shape index (κ1) is 19.3. The standard InChI is InChI=1S/C25H21N3O2/c1-18(29)21-6-4-7-22(16-21)27-25(30)24-9-3-2-8-23(24)20-12-10-19(11-13-20)17-28-15-5-14-26-28/h2-16H,17H2,1H3,(H,27,30). The third kappa shape index (κ3) is 4.36. The van der Waals surface area contributed by atoms with Gasteiger partial charge >= 0.3 is 0 Å². The number of carbonyl (C=O) groups excluding carboxylic acids is 2. The van der Waals surface area contributed by atoms with Crippen LogP contribution in [0.5, 0.6) is 0 Å². The topological polar surface area (TPSA) is 64.0 Å². The molecule has 148 valence electrons.